The van der Waals surface area contributed by atoms with E-state index in [0.717, 1.165) is 5.56 Å². The van der Waals surface area contributed by atoms with Gasteiger partial charge in [0, 0.05) is 0 Å². The van der Waals surface area contributed by atoms with Gasteiger partial charge < -0.3 is 14.8 Å². The van der Waals surface area contributed by atoms with Crippen LogP contribution in [0.3, 0.4) is 0 Å². The predicted molar refractivity (Wildman–Crippen MR) is 65.3 cm³/mol. The summed E-state index contributed by atoms with van der Waals surface area (Å²) in [6.07, 6.45) is 1.20. The van der Waals surface area contributed by atoms with Crippen molar-refractivity contribution < 1.29 is 14.3 Å². The number of benzene rings is 1. The lowest BCUT2D eigenvalue weighted by Crippen LogP contribution is -2.24. The van der Waals surface area contributed by atoms with Gasteiger partial charge in [-0.1, -0.05) is 36.9 Å². The number of nitrogens with one attached hydrogen (secondary N) is 1. The van der Waals surface area contributed by atoms with E-state index in [-0.39, 0.29) is 12.6 Å². The van der Waals surface area contributed by atoms with Gasteiger partial charge in [-0.05, 0) is 11.6 Å². The molecule has 0 bridgehead atoms. The number of hydrogen-bond donors (Lipinski definition) is 1. The van der Waals surface area contributed by atoms with Gasteiger partial charge in [0.15, 0.2) is 0 Å². The molecule has 0 saturated heterocycles. The maximum Gasteiger partial charge on any atom is 0.245 e. The highest BCUT2D eigenvalue weighted by molar-refractivity contribution is 5.86. The fourth-order valence-electron chi connectivity index (χ4n) is 1.15. The van der Waals surface area contributed by atoms with Crippen molar-refractivity contribution in [2.24, 2.45) is 0 Å². The summed E-state index contributed by atoms with van der Waals surface area (Å²) in [5.41, 5.74) is 1.13. The zero-order valence-corrected chi connectivity index (χ0v) is 9.72. The lowest BCUT2D eigenvalue weighted by atomic mass is 10.2. The molecule has 92 valence electrons. The highest BCUT2D eigenvalue weighted by atomic mass is 16.5. The van der Waals surface area contributed by atoms with Crippen LogP contribution in [0.1, 0.15) is 5.56 Å². The number of amides is 1. The molecule has 0 aromatic heterocycles. The zero-order valence-electron chi connectivity index (χ0n) is 9.72. The molecule has 0 fully saturated rings. The Labute approximate surface area is 101 Å². The smallest absolute Gasteiger partial charge is 0.245 e. The van der Waals surface area contributed by atoms with Crippen molar-refractivity contribution in [3.8, 4) is 0 Å². The second-order valence-electron chi connectivity index (χ2n) is 3.34. The minimum atomic E-state index is -0.241. The molecule has 0 heterocycles. The molecule has 1 aromatic carbocycles. The predicted octanol–water partition coefficient (Wildman–Crippen LogP) is 1.48. The van der Waals surface area contributed by atoms with Gasteiger partial charge in [0.1, 0.15) is 6.73 Å². The van der Waals surface area contributed by atoms with Gasteiger partial charge in [-0.3, -0.25) is 4.79 Å². The fourth-order valence-corrected chi connectivity index (χ4v) is 1.15. The van der Waals surface area contributed by atoms with E-state index < -0.39 is 0 Å². The van der Waals surface area contributed by atoms with Crippen LogP contribution < -0.4 is 5.32 Å². The van der Waals surface area contributed by atoms with Crippen molar-refractivity contribution in [3.05, 3.63) is 48.6 Å². The van der Waals surface area contributed by atoms with E-state index in [1.54, 1.807) is 0 Å². The Morgan fingerprint density at radius 3 is 2.65 bits per heavy atom. The van der Waals surface area contributed by atoms with Crippen LogP contribution in [0, 0.1) is 0 Å². The zero-order chi connectivity index (χ0) is 12.3. The number of carbonyl (C=O) groups is 1. The van der Waals surface area contributed by atoms with Crippen molar-refractivity contribution in [2.75, 3.05) is 19.9 Å². The van der Waals surface area contributed by atoms with Crippen LogP contribution in [-0.4, -0.2) is 25.9 Å². The summed E-state index contributed by atoms with van der Waals surface area (Å²) in [6, 6.07) is 9.92. The van der Waals surface area contributed by atoms with Crippen LogP contribution in [0.4, 0.5) is 0 Å². The molecule has 0 aliphatic rings. The van der Waals surface area contributed by atoms with Gasteiger partial charge >= 0.3 is 0 Å². The van der Waals surface area contributed by atoms with Crippen molar-refractivity contribution in [1.82, 2.24) is 5.32 Å². The molecule has 1 aromatic rings. The van der Waals surface area contributed by atoms with Crippen LogP contribution in [-0.2, 0) is 20.9 Å². The van der Waals surface area contributed by atoms with E-state index >= 15 is 0 Å². The van der Waals surface area contributed by atoms with Gasteiger partial charge in [-0.15, -0.1) is 0 Å². The van der Waals surface area contributed by atoms with Crippen molar-refractivity contribution in [2.45, 2.75) is 6.61 Å². The summed E-state index contributed by atoms with van der Waals surface area (Å²) in [4.78, 5) is 10.7. The summed E-state index contributed by atoms with van der Waals surface area (Å²) < 4.78 is 10.5. The molecule has 0 atom stereocenters. The first kappa shape index (κ1) is 13.4. The molecular weight excluding hydrogens is 218 g/mol. The number of rotatable bonds is 8. The third-order valence-electron chi connectivity index (χ3n) is 2.02. The number of hydrogen-bond acceptors (Lipinski definition) is 3. The third-order valence-corrected chi connectivity index (χ3v) is 2.02. The van der Waals surface area contributed by atoms with E-state index in [9.17, 15) is 4.79 Å². The van der Waals surface area contributed by atoms with Crippen LogP contribution >= 0.6 is 0 Å². The van der Waals surface area contributed by atoms with Gasteiger partial charge in [0.2, 0.25) is 5.91 Å². The van der Waals surface area contributed by atoms with E-state index in [2.05, 4.69) is 11.9 Å². The molecule has 0 aliphatic heterocycles. The minimum absolute atomic E-state index is 0.180. The maximum absolute atomic E-state index is 10.7. The second-order valence-corrected chi connectivity index (χ2v) is 3.34. The highest BCUT2D eigenvalue weighted by Gasteiger charge is 1.94. The Hall–Kier alpha value is -1.65. The van der Waals surface area contributed by atoms with Crippen LogP contribution in [0.2, 0.25) is 0 Å². The summed E-state index contributed by atoms with van der Waals surface area (Å²) in [5.74, 6) is -0.241. The summed E-state index contributed by atoms with van der Waals surface area (Å²) in [7, 11) is 0. The summed E-state index contributed by atoms with van der Waals surface area (Å²) in [5, 5.41) is 2.51. The Morgan fingerprint density at radius 2 is 1.94 bits per heavy atom. The van der Waals surface area contributed by atoms with E-state index in [1.165, 1.54) is 6.08 Å². The van der Waals surface area contributed by atoms with Gasteiger partial charge in [-0.2, -0.15) is 0 Å². The Kier molecular flexibility index (Phi) is 6.70. The fraction of sp³-hybridized carbons (Fsp3) is 0.308. The first-order valence-corrected chi connectivity index (χ1v) is 5.42. The Bertz CT molecular complexity index is 338. The molecule has 17 heavy (non-hydrogen) atoms. The average molecular weight is 235 g/mol. The van der Waals surface area contributed by atoms with Gasteiger partial charge in [0.25, 0.3) is 0 Å². The van der Waals surface area contributed by atoms with E-state index in [1.807, 2.05) is 30.3 Å². The minimum Gasteiger partial charge on any atom is -0.374 e. The second kappa shape index (κ2) is 8.50. The molecule has 0 unspecified atom stereocenters. The quantitative estimate of drug-likeness (QED) is 0.422. The lowest BCUT2D eigenvalue weighted by molar-refractivity contribution is -0.118. The topological polar surface area (TPSA) is 47.6 Å². The van der Waals surface area contributed by atoms with E-state index in [4.69, 9.17) is 9.47 Å². The monoisotopic (exact) mass is 235 g/mol. The van der Waals surface area contributed by atoms with Crippen LogP contribution in [0.15, 0.2) is 43.0 Å². The summed E-state index contributed by atoms with van der Waals surface area (Å²) in [6.45, 7) is 5.03. The maximum atomic E-state index is 10.7. The molecule has 4 nitrogen and oxygen atoms in total. The SMILES string of the molecule is C=CC(=O)NCOCCOCc1ccccc1. The summed E-state index contributed by atoms with van der Waals surface area (Å²) >= 11 is 0. The number of carbonyl (C=O) groups excluding carboxylic acids is 1. The van der Waals surface area contributed by atoms with Crippen molar-refractivity contribution in [3.63, 3.8) is 0 Å². The van der Waals surface area contributed by atoms with Crippen LogP contribution in [0.25, 0.3) is 0 Å². The molecule has 0 radical (unpaired) electrons. The molecule has 0 spiro atoms. The Morgan fingerprint density at radius 1 is 1.24 bits per heavy atom. The first-order valence-electron chi connectivity index (χ1n) is 5.42. The van der Waals surface area contributed by atoms with Crippen molar-refractivity contribution >= 4 is 5.91 Å². The van der Waals surface area contributed by atoms with Crippen LogP contribution in [0.5, 0.6) is 0 Å². The highest BCUT2D eigenvalue weighted by Crippen LogP contribution is 1.99. The van der Waals surface area contributed by atoms with Gasteiger partial charge in [0.05, 0.1) is 19.8 Å². The molecule has 1 amide bonds. The first-order chi connectivity index (χ1) is 8.33. The normalized spacial score (nSPS) is 9.88. The van der Waals surface area contributed by atoms with Gasteiger partial charge in [-0.25, -0.2) is 0 Å². The molecular formula is C13H17NO3. The standard InChI is InChI=1S/C13H17NO3/c1-2-13(15)14-11-17-9-8-16-10-12-6-4-3-5-7-12/h2-7H,1,8-11H2,(H,14,15). The lowest BCUT2D eigenvalue weighted by Gasteiger charge is -2.06. The molecule has 0 saturated carbocycles. The molecule has 1 N–H and O–H groups in total. The third kappa shape index (κ3) is 6.50. The average Bonchev–Trinajstić information content (AvgIpc) is 2.38. The Balaban J connectivity index is 1.95. The molecule has 1 rings (SSSR count). The van der Waals surface area contributed by atoms with E-state index in [0.29, 0.717) is 19.8 Å². The molecule has 4 heteroatoms. The molecule has 0 aliphatic carbocycles. The largest absolute Gasteiger partial charge is 0.374 e. The van der Waals surface area contributed by atoms with Crippen molar-refractivity contribution in [1.29, 1.82) is 0 Å². The number of ether oxygens (including phenoxy) is 2.